The predicted molar refractivity (Wildman–Crippen MR) is 65.7 cm³/mol. The Bertz CT molecular complexity index is 262. The van der Waals surface area contributed by atoms with Crippen molar-refractivity contribution in [3.63, 3.8) is 0 Å². The Balaban J connectivity index is 2.56. The summed E-state index contributed by atoms with van der Waals surface area (Å²) in [7, 11) is 0. The molecule has 90 valence electrons. The van der Waals surface area contributed by atoms with Gasteiger partial charge in [-0.15, -0.1) is 6.42 Å². The lowest BCUT2D eigenvalue weighted by Gasteiger charge is -2.35. The first-order valence-electron chi connectivity index (χ1n) is 6.17. The normalized spacial score (nSPS) is 24.8. The molecule has 0 saturated heterocycles. The summed E-state index contributed by atoms with van der Waals surface area (Å²) in [4.78, 5) is 13.8. The Labute approximate surface area is 98.4 Å². The predicted octanol–water partition coefficient (Wildman–Crippen LogP) is 1.52. The first-order valence-corrected chi connectivity index (χ1v) is 6.17. The molecule has 1 amide bonds. The van der Waals surface area contributed by atoms with Crippen LogP contribution in [0.25, 0.3) is 0 Å². The molecule has 0 aromatic carbocycles. The molecule has 1 fully saturated rings. The maximum Gasteiger partial charge on any atom is 0.234 e. The van der Waals surface area contributed by atoms with Crippen LogP contribution in [0.4, 0.5) is 0 Å². The van der Waals surface area contributed by atoms with Gasteiger partial charge in [0.05, 0.1) is 6.42 Å². The number of terminal acetylenes is 1. The summed E-state index contributed by atoms with van der Waals surface area (Å²) in [6.45, 7) is 2.91. The van der Waals surface area contributed by atoms with E-state index >= 15 is 0 Å². The minimum absolute atomic E-state index is 0.102. The van der Waals surface area contributed by atoms with Gasteiger partial charge >= 0.3 is 0 Å². The van der Waals surface area contributed by atoms with Gasteiger partial charge in [-0.2, -0.15) is 0 Å². The minimum Gasteiger partial charge on any atom is -0.339 e. The second-order valence-electron chi connectivity index (χ2n) is 4.54. The second kappa shape index (κ2) is 6.55. The Morgan fingerprint density at radius 2 is 2.06 bits per heavy atom. The summed E-state index contributed by atoms with van der Waals surface area (Å²) in [5.41, 5.74) is 5.87. The molecular formula is C13H22N2O. The molecule has 0 radical (unpaired) electrons. The molecule has 0 aromatic heterocycles. The third-order valence-electron chi connectivity index (χ3n) is 3.22. The monoisotopic (exact) mass is 222 g/mol. The fourth-order valence-electron chi connectivity index (χ4n) is 2.35. The highest BCUT2D eigenvalue weighted by atomic mass is 16.2. The van der Waals surface area contributed by atoms with Crippen LogP contribution in [-0.4, -0.2) is 29.4 Å². The largest absolute Gasteiger partial charge is 0.339 e. The van der Waals surface area contributed by atoms with Gasteiger partial charge in [0.2, 0.25) is 5.91 Å². The van der Waals surface area contributed by atoms with Crippen LogP contribution in [0.2, 0.25) is 0 Å². The van der Waals surface area contributed by atoms with Crippen molar-refractivity contribution in [2.45, 2.75) is 57.5 Å². The molecule has 0 heterocycles. The highest BCUT2D eigenvalue weighted by Crippen LogP contribution is 2.22. The van der Waals surface area contributed by atoms with Gasteiger partial charge in [0.25, 0.3) is 0 Å². The number of nitrogens with zero attached hydrogens (tertiary/aromatic N) is 1. The number of hydrogen-bond donors (Lipinski definition) is 1. The van der Waals surface area contributed by atoms with Crippen LogP contribution in [0.3, 0.4) is 0 Å². The molecule has 1 aliphatic rings. The molecule has 0 spiro atoms. The van der Waals surface area contributed by atoms with Crippen LogP contribution in [-0.2, 0) is 4.79 Å². The number of carbonyl (C=O) groups is 1. The van der Waals surface area contributed by atoms with Crippen LogP contribution in [0, 0.1) is 12.3 Å². The van der Waals surface area contributed by atoms with E-state index in [1.54, 1.807) is 0 Å². The van der Waals surface area contributed by atoms with E-state index in [2.05, 4.69) is 12.8 Å². The zero-order valence-corrected chi connectivity index (χ0v) is 10.1. The van der Waals surface area contributed by atoms with Crippen molar-refractivity contribution < 1.29 is 4.79 Å². The van der Waals surface area contributed by atoms with Crippen LogP contribution < -0.4 is 5.73 Å². The van der Waals surface area contributed by atoms with E-state index in [-0.39, 0.29) is 12.3 Å². The number of carbonyl (C=O) groups excluding carboxylic acids is 1. The Kier molecular flexibility index (Phi) is 5.34. The third-order valence-corrected chi connectivity index (χ3v) is 3.22. The van der Waals surface area contributed by atoms with Crippen LogP contribution in [0.15, 0.2) is 0 Å². The average Bonchev–Trinajstić information content (AvgIpc) is 2.28. The quantitative estimate of drug-likeness (QED) is 0.733. The molecule has 0 atom stereocenters. The fraction of sp³-hybridized carbons (Fsp3) is 0.769. The molecule has 0 aliphatic heterocycles. The lowest BCUT2D eigenvalue weighted by molar-refractivity contribution is -0.133. The Morgan fingerprint density at radius 1 is 1.44 bits per heavy atom. The van der Waals surface area contributed by atoms with E-state index in [9.17, 15) is 4.79 Å². The van der Waals surface area contributed by atoms with Crippen LogP contribution in [0.5, 0.6) is 0 Å². The van der Waals surface area contributed by atoms with Gasteiger partial charge in [-0.1, -0.05) is 12.8 Å². The standard InChI is InChI=1S/C13H22N2O/c1-3-5-13(16)15(10-4-2)12-8-6-11(14)7-9-12/h1,11-12H,4-10,14H2,2H3. The highest BCUT2D eigenvalue weighted by molar-refractivity contribution is 5.78. The van der Waals surface area contributed by atoms with Crippen molar-refractivity contribution in [3.8, 4) is 12.3 Å². The number of amides is 1. The molecule has 3 nitrogen and oxygen atoms in total. The molecule has 0 bridgehead atoms. The van der Waals surface area contributed by atoms with Crippen LogP contribution in [0.1, 0.15) is 45.4 Å². The van der Waals surface area contributed by atoms with Crippen molar-refractivity contribution in [2.24, 2.45) is 5.73 Å². The van der Waals surface area contributed by atoms with Crippen LogP contribution >= 0.6 is 0 Å². The van der Waals surface area contributed by atoms with E-state index < -0.39 is 0 Å². The van der Waals surface area contributed by atoms with Gasteiger partial charge in [-0.25, -0.2) is 0 Å². The molecule has 1 rings (SSSR count). The number of rotatable bonds is 4. The fourth-order valence-corrected chi connectivity index (χ4v) is 2.35. The maximum absolute atomic E-state index is 11.9. The van der Waals surface area contributed by atoms with Gasteiger partial charge < -0.3 is 10.6 Å². The summed E-state index contributed by atoms with van der Waals surface area (Å²) in [6.07, 6.45) is 10.5. The summed E-state index contributed by atoms with van der Waals surface area (Å²) in [5, 5.41) is 0. The van der Waals surface area contributed by atoms with Crippen molar-refractivity contribution in [1.82, 2.24) is 4.90 Å². The van der Waals surface area contributed by atoms with Gasteiger partial charge in [0.15, 0.2) is 0 Å². The maximum atomic E-state index is 11.9. The van der Waals surface area contributed by atoms with E-state index in [1.807, 2.05) is 4.90 Å². The third kappa shape index (κ3) is 3.53. The molecule has 16 heavy (non-hydrogen) atoms. The van der Waals surface area contributed by atoms with E-state index in [4.69, 9.17) is 12.2 Å². The van der Waals surface area contributed by atoms with Crippen molar-refractivity contribution in [3.05, 3.63) is 0 Å². The molecular weight excluding hydrogens is 200 g/mol. The number of hydrogen-bond acceptors (Lipinski definition) is 2. The minimum atomic E-state index is 0.102. The van der Waals surface area contributed by atoms with Crippen molar-refractivity contribution >= 4 is 5.91 Å². The lowest BCUT2D eigenvalue weighted by atomic mass is 9.90. The zero-order valence-electron chi connectivity index (χ0n) is 10.1. The SMILES string of the molecule is C#CCC(=O)N(CCC)C1CCC(N)CC1. The summed E-state index contributed by atoms with van der Waals surface area (Å²) < 4.78 is 0. The summed E-state index contributed by atoms with van der Waals surface area (Å²) >= 11 is 0. The van der Waals surface area contributed by atoms with E-state index in [0.717, 1.165) is 38.6 Å². The van der Waals surface area contributed by atoms with E-state index in [1.165, 1.54) is 0 Å². The van der Waals surface area contributed by atoms with E-state index in [0.29, 0.717) is 12.1 Å². The molecule has 0 unspecified atom stereocenters. The topological polar surface area (TPSA) is 46.3 Å². The molecule has 1 aliphatic carbocycles. The molecule has 2 N–H and O–H groups in total. The second-order valence-corrected chi connectivity index (χ2v) is 4.54. The molecule has 1 saturated carbocycles. The van der Waals surface area contributed by atoms with Gasteiger partial charge in [0.1, 0.15) is 0 Å². The highest BCUT2D eigenvalue weighted by Gasteiger charge is 2.26. The molecule has 3 heteroatoms. The van der Waals surface area contributed by atoms with Crippen molar-refractivity contribution in [2.75, 3.05) is 6.54 Å². The van der Waals surface area contributed by atoms with Gasteiger partial charge in [0, 0.05) is 18.6 Å². The number of nitrogens with two attached hydrogens (primary N) is 1. The van der Waals surface area contributed by atoms with Crippen molar-refractivity contribution in [1.29, 1.82) is 0 Å². The Morgan fingerprint density at radius 3 is 2.56 bits per heavy atom. The average molecular weight is 222 g/mol. The summed E-state index contributed by atoms with van der Waals surface area (Å²) in [5.74, 6) is 2.54. The Hall–Kier alpha value is -1.01. The summed E-state index contributed by atoms with van der Waals surface area (Å²) in [6, 6.07) is 0.683. The smallest absolute Gasteiger partial charge is 0.234 e. The first kappa shape index (κ1) is 13.1. The first-order chi connectivity index (χ1) is 7.69. The van der Waals surface area contributed by atoms with Gasteiger partial charge in [-0.3, -0.25) is 4.79 Å². The lowest BCUT2D eigenvalue weighted by Crippen LogP contribution is -2.44. The molecule has 0 aromatic rings. The van der Waals surface area contributed by atoms with Gasteiger partial charge in [-0.05, 0) is 32.1 Å². The zero-order chi connectivity index (χ0) is 12.0.